The highest BCUT2D eigenvalue weighted by Gasteiger charge is 2.23. The highest BCUT2D eigenvalue weighted by molar-refractivity contribution is 7.92. The Labute approximate surface area is 352 Å². The number of methoxy groups -OCH3 is 2. The van der Waals surface area contributed by atoms with Crippen LogP contribution in [0.25, 0.3) is 10.8 Å². The second-order valence-electron chi connectivity index (χ2n) is 14.7. The normalized spacial score (nSPS) is 11.5. The third-order valence-electron chi connectivity index (χ3n) is 8.88. The van der Waals surface area contributed by atoms with Crippen molar-refractivity contribution in [1.29, 1.82) is 0 Å². The molecule has 0 atom stereocenters. The lowest BCUT2D eigenvalue weighted by Gasteiger charge is -2.24. The molecular weight excluding hydrogens is 809 g/mol. The first-order valence-electron chi connectivity index (χ1n) is 19.0. The van der Waals surface area contributed by atoms with E-state index in [1.807, 2.05) is 51.1 Å². The number of ether oxygens (including phenoxy) is 6. The predicted molar refractivity (Wildman–Crippen MR) is 233 cm³/mol. The van der Waals surface area contributed by atoms with Crippen LogP contribution in [0, 0.1) is 0 Å². The first-order chi connectivity index (χ1) is 29.2. The zero-order valence-corrected chi connectivity index (χ0v) is 35.4. The number of rotatable bonds is 19. The molecule has 0 radical (unpaired) electrons. The molecule has 6 rings (SSSR count). The minimum Gasteiger partial charge on any atom is -0.497 e. The zero-order valence-electron chi connectivity index (χ0n) is 34.5. The number of pyridine rings is 1. The summed E-state index contributed by atoms with van der Waals surface area (Å²) in [6.07, 6.45) is 2.67. The van der Waals surface area contributed by atoms with Crippen LogP contribution < -0.4 is 45.2 Å². The number of hydrogen-bond donors (Lipinski definition) is 5. The second-order valence-corrected chi connectivity index (χ2v) is 16.4. The quantitative estimate of drug-likeness (QED) is 0.0489. The van der Waals surface area contributed by atoms with Crippen LogP contribution in [-0.4, -0.2) is 71.5 Å². The SMILES string of the molecule is COc1cc(Nc2cc(Oc3ccc(NC(=O)Nc4cc(C(C)(C)C)cc(NS(C)(=O)=O)c4OC)c4ccccc34)ccn2)cc(OCCOCCOCc2cc(=O)o[nH]2)c1. The molecule has 0 aliphatic heterocycles. The first-order valence-corrected chi connectivity index (χ1v) is 20.9. The average molecular weight is 857 g/mol. The highest BCUT2D eigenvalue weighted by atomic mass is 32.2. The molecule has 322 valence electrons. The van der Waals surface area contributed by atoms with Crippen molar-refractivity contribution in [2.75, 3.05) is 67.6 Å². The molecule has 2 heterocycles. The summed E-state index contributed by atoms with van der Waals surface area (Å²) in [4.78, 5) is 29.1. The van der Waals surface area contributed by atoms with Gasteiger partial charge in [-0.1, -0.05) is 45.0 Å². The Bertz CT molecular complexity index is 2640. The van der Waals surface area contributed by atoms with Crippen LogP contribution in [0.4, 0.5) is 33.4 Å². The van der Waals surface area contributed by atoms with Gasteiger partial charge in [0.05, 0.1) is 75.7 Å². The van der Waals surface area contributed by atoms with Crippen LogP contribution in [0.3, 0.4) is 0 Å². The summed E-state index contributed by atoms with van der Waals surface area (Å²) >= 11 is 0. The van der Waals surface area contributed by atoms with Gasteiger partial charge < -0.3 is 48.9 Å². The van der Waals surface area contributed by atoms with Crippen molar-refractivity contribution in [3.63, 3.8) is 0 Å². The topological polar surface area (TPSA) is 214 Å². The molecule has 2 aromatic heterocycles. The van der Waals surface area contributed by atoms with Crippen molar-refractivity contribution in [2.24, 2.45) is 0 Å². The average Bonchev–Trinajstić information content (AvgIpc) is 3.63. The van der Waals surface area contributed by atoms with Crippen LogP contribution >= 0.6 is 0 Å². The van der Waals surface area contributed by atoms with Gasteiger partial charge in [-0.05, 0) is 41.3 Å². The molecule has 0 unspecified atom stereocenters. The fourth-order valence-corrected chi connectivity index (χ4v) is 6.62. The number of carbonyl (C=O) groups is 1. The first kappa shape index (κ1) is 43.8. The van der Waals surface area contributed by atoms with Crippen LogP contribution in [0.1, 0.15) is 32.0 Å². The number of H-pyrrole nitrogens is 1. The van der Waals surface area contributed by atoms with Gasteiger partial charge in [0.1, 0.15) is 35.4 Å². The molecule has 0 spiro atoms. The standard InChI is InChI=1S/C43H48N6O11S/c1-43(2,3)27-19-36(41(55-5)37(20-27)49-61(6,52)53)47-42(51)46-35-11-12-38(34-10-8-7-9-33(34)35)59-30-13-14-44-39(25-30)45-28-21-31(54-4)24-32(22-28)58-18-17-56-15-16-57-26-29-23-40(50)60-48-29/h7-14,19-25,48-49H,15-18,26H2,1-6H3,(H,44,45)(H2,46,47,51). The molecule has 4 aromatic carbocycles. The summed E-state index contributed by atoms with van der Waals surface area (Å²) in [6.45, 7) is 7.42. The number of sulfonamides is 1. The minimum atomic E-state index is -3.65. The largest absolute Gasteiger partial charge is 0.497 e. The number of anilines is 5. The molecular formula is C43H48N6O11S. The van der Waals surface area contributed by atoms with Gasteiger partial charge in [-0.15, -0.1) is 0 Å². The highest BCUT2D eigenvalue weighted by Crippen LogP contribution is 2.40. The van der Waals surface area contributed by atoms with Crippen molar-refractivity contribution in [2.45, 2.75) is 32.8 Å². The van der Waals surface area contributed by atoms with Crippen molar-refractivity contribution < 1.29 is 46.2 Å². The van der Waals surface area contributed by atoms with E-state index in [2.05, 4.69) is 35.3 Å². The van der Waals surface area contributed by atoms with Gasteiger partial charge in [-0.3, -0.25) is 4.72 Å². The third kappa shape index (κ3) is 12.4. The Hall–Kier alpha value is -6.76. The van der Waals surface area contributed by atoms with E-state index in [1.54, 1.807) is 61.8 Å². The van der Waals surface area contributed by atoms with Gasteiger partial charge in [0.25, 0.3) is 0 Å². The molecule has 0 saturated carbocycles. The summed E-state index contributed by atoms with van der Waals surface area (Å²) in [6, 6.07) is 24.0. The smallest absolute Gasteiger partial charge is 0.357 e. The van der Waals surface area contributed by atoms with E-state index in [0.717, 1.165) is 17.2 Å². The number of aromatic nitrogens is 2. The van der Waals surface area contributed by atoms with Crippen molar-refractivity contribution >= 4 is 55.4 Å². The van der Waals surface area contributed by atoms with E-state index in [4.69, 9.17) is 28.4 Å². The second kappa shape index (κ2) is 19.5. The molecule has 0 fully saturated rings. The number of carbonyl (C=O) groups excluding carboxylic acids is 1. The van der Waals surface area contributed by atoms with Gasteiger partial charge in [0.15, 0.2) is 5.75 Å². The Morgan fingerprint density at radius 1 is 0.787 bits per heavy atom. The summed E-state index contributed by atoms with van der Waals surface area (Å²) in [5.74, 6) is 2.83. The molecule has 61 heavy (non-hydrogen) atoms. The molecule has 0 aliphatic carbocycles. The number of hydrogen-bond acceptors (Lipinski definition) is 13. The van der Waals surface area contributed by atoms with E-state index in [0.29, 0.717) is 71.1 Å². The van der Waals surface area contributed by atoms with Gasteiger partial charge >= 0.3 is 11.7 Å². The maximum Gasteiger partial charge on any atom is 0.357 e. The molecule has 18 heteroatoms. The van der Waals surface area contributed by atoms with Crippen LogP contribution in [0.15, 0.2) is 100 Å². The number of urea groups is 1. The summed E-state index contributed by atoms with van der Waals surface area (Å²) in [5.41, 5.74) is 2.16. The van der Waals surface area contributed by atoms with Crippen molar-refractivity contribution in [3.05, 3.63) is 113 Å². The van der Waals surface area contributed by atoms with E-state index >= 15 is 0 Å². The van der Waals surface area contributed by atoms with Crippen molar-refractivity contribution in [1.82, 2.24) is 10.1 Å². The molecule has 0 aliphatic rings. The number of fused-ring (bicyclic) bond motifs is 1. The molecule has 17 nitrogen and oxygen atoms in total. The fraction of sp³-hybridized carbons (Fsp3) is 0.279. The zero-order chi connectivity index (χ0) is 43.6. The number of nitrogens with one attached hydrogen (secondary N) is 5. The van der Waals surface area contributed by atoms with Gasteiger partial charge in [-0.2, -0.15) is 0 Å². The van der Waals surface area contributed by atoms with Gasteiger partial charge in [0, 0.05) is 46.9 Å². The van der Waals surface area contributed by atoms with E-state index < -0.39 is 21.7 Å². The van der Waals surface area contributed by atoms with E-state index in [1.165, 1.54) is 13.2 Å². The molecule has 2 amide bonds. The Morgan fingerprint density at radius 3 is 2.23 bits per heavy atom. The summed E-state index contributed by atoms with van der Waals surface area (Å²) < 4.78 is 65.9. The Balaban J connectivity index is 1.10. The minimum absolute atomic E-state index is 0.165. The number of amides is 2. The third-order valence-corrected chi connectivity index (χ3v) is 9.47. The Morgan fingerprint density at radius 2 is 1.51 bits per heavy atom. The lowest BCUT2D eigenvalue weighted by Crippen LogP contribution is -2.22. The lowest BCUT2D eigenvalue weighted by molar-refractivity contribution is 0.0288. The number of nitrogens with zero attached hydrogens (tertiary/aromatic N) is 1. The molecule has 6 aromatic rings. The summed E-state index contributed by atoms with van der Waals surface area (Å²) in [7, 11) is -0.682. The van der Waals surface area contributed by atoms with Crippen LogP contribution in [0.2, 0.25) is 0 Å². The lowest BCUT2D eigenvalue weighted by atomic mass is 9.86. The van der Waals surface area contributed by atoms with Gasteiger partial charge in [0.2, 0.25) is 10.0 Å². The van der Waals surface area contributed by atoms with E-state index in [9.17, 15) is 18.0 Å². The van der Waals surface area contributed by atoms with Crippen molar-refractivity contribution in [3.8, 4) is 28.7 Å². The van der Waals surface area contributed by atoms with Crippen LogP contribution in [0.5, 0.6) is 28.7 Å². The van der Waals surface area contributed by atoms with Gasteiger partial charge in [-0.25, -0.2) is 28.1 Å². The van der Waals surface area contributed by atoms with E-state index in [-0.39, 0.29) is 35.8 Å². The number of aromatic amines is 1. The van der Waals surface area contributed by atoms with Crippen LogP contribution in [-0.2, 0) is 31.5 Å². The maximum absolute atomic E-state index is 13.5. The molecule has 5 N–H and O–H groups in total. The molecule has 0 saturated heterocycles. The summed E-state index contributed by atoms with van der Waals surface area (Å²) in [5, 5.41) is 13.0. The monoisotopic (exact) mass is 856 g/mol. The maximum atomic E-state index is 13.5. The Kier molecular flexibility index (Phi) is 14.0. The molecule has 0 bridgehead atoms. The predicted octanol–water partition coefficient (Wildman–Crippen LogP) is 7.99. The fourth-order valence-electron chi connectivity index (χ4n) is 6.07. The number of benzene rings is 4.